The second-order valence-corrected chi connectivity index (χ2v) is 7.27. The number of carbonyl (C=O) groups is 1. The number of nitrogens with zero attached hydrogens (tertiary/aromatic N) is 1. The van der Waals surface area contributed by atoms with Crippen LogP contribution in [0.3, 0.4) is 0 Å². The van der Waals surface area contributed by atoms with Gasteiger partial charge in [0.05, 0.1) is 0 Å². The standard InChI is InChI=1S/C15H18BrN3OS.ClH/c1-15(2,10-4-3-5-11(16)6-10)9-18-14(20)12-8-21-13(7-17)19-12;/h3-6,8H,7,9,17H2,1-2H3,(H,18,20);1H. The van der Waals surface area contributed by atoms with Crippen LogP contribution in [0.15, 0.2) is 34.1 Å². The van der Waals surface area contributed by atoms with Crippen molar-refractivity contribution in [1.82, 2.24) is 10.3 Å². The molecule has 120 valence electrons. The maximum atomic E-state index is 12.1. The van der Waals surface area contributed by atoms with Crippen LogP contribution in [0.2, 0.25) is 0 Å². The zero-order chi connectivity index (χ0) is 15.5. The number of hydrogen-bond donors (Lipinski definition) is 2. The van der Waals surface area contributed by atoms with E-state index in [1.165, 1.54) is 11.3 Å². The summed E-state index contributed by atoms with van der Waals surface area (Å²) in [6.07, 6.45) is 0. The Bertz CT molecular complexity index is 645. The van der Waals surface area contributed by atoms with E-state index < -0.39 is 0 Å². The quantitative estimate of drug-likeness (QED) is 0.801. The normalized spacial score (nSPS) is 10.9. The van der Waals surface area contributed by atoms with Gasteiger partial charge in [-0.2, -0.15) is 0 Å². The Labute approximate surface area is 149 Å². The van der Waals surface area contributed by atoms with Crippen LogP contribution in [-0.4, -0.2) is 17.4 Å². The zero-order valence-electron chi connectivity index (χ0n) is 12.4. The fourth-order valence-corrected chi connectivity index (χ4v) is 2.97. The summed E-state index contributed by atoms with van der Waals surface area (Å²) in [4.78, 5) is 16.3. The van der Waals surface area contributed by atoms with E-state index in [9.17, 15) is 4.79 Å². The molecule has 0 unspecified atom stereocenters. The number of halogens is 2. The third kappa shape index (κ3) is 4.78. The van der Waals surface area contributed by atoms with E-state index in [4.69, 9.17) is 5.73 Å². The van der Waals surface area contributed by atoms with E-state index in [-0.39, 0.29) is 23.7 Å². The Hall–Kier alpha value is -0.950. The molecule has 0 aliphatic rings. The SMILES string of the molecule is CC(C)(CNC(=O)c1csc(CN)n1)c1cccc(Br)c1.Cl. The number of nitrogens with one attached hydrogen (secondary N) is 1. The zero-order valence-corrected chi connectivity index (χ0v) is 15.6. The summed E-state index contributed by atoms with van der Waals surface area (Å²) in [6, 6.07) is 8.12. The molecule has 1 heterocycles. The Morgan fingerprint density at radius 2 is 2.18 bits per heavy atom. The molecule has 0 radical (unpaired) electrons. The maximum absolute atomic E-state index is 12.1. The molecule has 3 N–H and O–H groups in total. The first-order valence-electron chi connectivity index (χ1n) is 6.61. The molecule has 1 aromatic heterocycles. The minimum absolute atomic E-state index is 0. The summed E-state index contributed by atoms with van der Waals surface area (Å²) < 4.78 is 1.03. The summed E-state index contributed by atoms with van der Waals surface area (Å²) in [5.41, 5.74) is 6.95. The molecule has 0 fully saturated rings. The highest BCUT2D eigenvalue weighted by atomic mass is 79.9. The second kappa shape index (κ2) is 8.06. The molecule has 22 heavy (non-hydrogen) atoms. The van der Waals surface area contributed by atoms with E-state index in [2.05, 4.69) is 52.2 Å². The lowest BCUT2D eigenvalue weighted by Gasteiger charge is -2.25. The molecule has 2 rings (SSSR count). The molecule has 0 bridgehead atoms. The lowest BCUT2D eigenvalue weighted by molar-refractivity contribution is 0.0941. The summed E-state index contributed by atoms with van der Waals surface area (Å²) in [6.45, 7) is 5.10. The molecular weight excluding hydrogens is 386 g/mol. The van der Waals surface area contributed by atoms with Crippen molar-refractivity contribution >= 4 is 45.6 Å². The molecule has 0 saturated heterocycles. The van der Waals surface area contributed by atoms with Crippen LogP contribution in [0.25, 0.3) is 0 Å². The largest absolute Gasteiger partial charge is 0.350 e. The van der Waals surface area contributed by atoms with Crippen molar-refractivity contribution in [3.8, 4) is 0 Å². The smallest absolute Gasteiger partial charge is 0.270 e. The third-order valence-electron chi connectivity index (χ3n) is 3.26. The summed E-state index contributed by atoms with van der Waals surface area (Å²) in [5, 5.41) is 5.45. The highest BCUT2D eigenvalue weighted by molar-refractivity contribution is 9.10. The van der Waals surface area contributed by atoms with Crippen LogP contribution in [0, 0.1) is 0 Å². The first-order valence-corrected chi connectivity index (χ1v) is 8.28. The molecule has 4 nitrogen and oxygen atoms in total. The number of thiazole rings is 1. The van der Waals surface area contributed by atoms with Crippen molar-refractivity contribution < 1.29 is 4.79 Å². The van der Waals surface area contributed by atoms with Gasteiger partial charge in [-0.15, -0.1) is 23.7 Å². The monoisotopic (exact) mass is 403 g/mol. The van der Waals surface area contributed by atoms with Crippen LogP contribution >= 0.6 is 39.7 Å². The first-order chi connectivity index (χ1) is 9.92. The number of carbonyl (C=O) groups excluding carboxylic acids is 1. The highest BCUT2D eigenvalue weighted by Gasteiger charge is 2.22. The van der Waals surface area contributed by atoms with E-state index in [0.29, 0.717) is 18.8 Å². The molecule has 2 aromatic rings. The van der Waals surface area contributed by atoms with E-state index in [0.717, 1.165) is 15.0 Å². The Morgan fingerprint density at radius 3 is 2.77 bits per heavy atom. The summed E-state index contributed by atoms with van der Waals surface area (Å²) in [7, 11) is 0. The number of aromatic nitrogens is 1. The molecule has 1 aromatic carbocycles. The second-order valence-electron chi connectivity index (χ2n) is 5.41. The van der Waals surface area contributed by atoms with Crippen LogP contribution in [0.4, 0.5) is 0 Å². The summed E-state index contributed by atoms with van der Waals surface area (Å²) in [5.74, 6) is -0.158. The van der Waals surface area contributed by atoms with Gasteiger partial charge < -0.3 is 11.1 Å². The van der Waals surface area contributed by atoms with Gasteiger partial charge in [-0.25, -0.2) is 4.98 Å². The molecule has 0 aliphatic carbocycles. The fourth-order valence-electron chi connectivity index (χ4n) is 1.91. The van der Waals surface area contributed by atoms with Gasteiger partial charge in [0.15, 0.2) is 0 Å². The van der Waals surface area contributed by atoms with Crippen LogP contribution in [0.5, 0.6) is 0 Å². The number of benzene rings is 1. The molecule has 0 spiro atoms. The van der Waals surface area contributed by atoms with Crippen LogP contribution in [-0.2, 0) is 12.0 Å². The van der Waals surface area contributed by atoms with Gasteiger partial charge in [-0.05, 0) is 17.7 Å². The van der Waals surface area contributed by atoms with Gasteiger partial charge in [-0.3, -0.25) is 4.79 Å². The number of nitrogens with two attached hydrogens (primary N) is 1. The molecule has 0 aliphatic heterocycles. The Balaban J connectivity index is 0.00000242. The van der Waals surface area contributed by atoms with Gasteiger partial charge in [0.25, 0.3) is 5.91 Å². The van der Waals surface area contributed by atoms with Gasteiger partial charge in [-0.1, -0.05) is 41.9 Å². The molecule has 0 atom stereocenters. The third-order valence-corrected chi connectivity index (χ3v) is 4.62. The first kappa shape index (κ1) is 19.1. The highest BCUT2D eigenvalue weighted by Crippen LogP contribution is 2.25. The fraction of sp³-hybridized carbons (Fsp3) is 0.333. The maximum Gasteiger partial charge on any atom is 0.270 e. The van der Waals surface area contributed by atoms with Crippen LogP contribution < -0.4 is 11.1 Å². The van der Waals surface area contributed by atoms with Gasteiger partial charge >= 0.3 is 0 Å². The van der Waals surface area contributed by atoms with Gasteiger partial charge in [0.2, 0.25) is 0 Å². The Morgan fingerprint density at radius 1 is 1.45 bits per heavy atom. The average molecular weight is 405 g/mol. The molecular formula is C15H19BrClN3OS. The van der Waals surface area contributed by atoms with Crippen LogP contribution in [0.1, 0.15) is 34.9 Å². The van der Waals surface area contributed by atoms with Crippen molar-refractivity contribution in [2.75, 3.05) is 6.54 Å². The van der Waals surface area contributed by atoms with E-state index in [1.54, 1.807) is 5.38 Å². The lowest BCUT2D eigenvalue weighted by atomic mass is 9.84. The minimum atomic E-state index is -0.161. The molecule has 7 heteroatoms. The predicted molar refractivity (Wildman–Crippen MR) is 96.8 cm³/mol. The van der Waals surface area contributed by atoms with Crippen molar-refractivity contribution in [3.05, 3.63) is 50.4 Å². The predicted octanol–water partition coefficient (Wildman–Crippen LogP) is 3.49. The van der Waals surface area contributed by atoms with Gasteiger partial charge in [0, 0.05) is 28.4 Å². The number of hydrogen-bond acceptors (Lipinski definition) is 4. The number of rotatable bonds is 5. The topological polar surface area (TPSA) is 68.0 Å². The molecule has 0 saturated carbocycles. The van der Waals surface area contributed by atoms with E-state index >= 15 is 0 Å². The van der Waals surface area contributed by atoms with Crippen molar-refractivity contribution in [2.45, 2.75) is 25.8 Å². The van der Waals surface area contributed by atoms with Crippen molar-refractivity contribution in [1.29, 1.82) is 0 Å². The Kier molecular flexibility index (Phi) is 6.99. The summed E-state index contributed by atoms with van der Waals surface area (Å²) >= 11 is 4.88. The lowest BCUT2D eigenvalue weighted by Crippen LogP contribution is -2.36. The minimum Gasteiger partial charge on any atom is -0.350 e. The average Bonchev–Trinajstić information content (AvgIpc) is 2.94. The van der Waals surface area contributed by atoms with E-state index in [1.807, 2.05) is 12.1 Å². The van der Waals surface area contributed by atoms with Gasteiger partial charge in [0.1, 0.15) is 10.7 Å². The van der Waals surface area contributed by atoms with Crippen molar-refractivity contribution in [3.63, 3.8) is 0 Å². The molecule has 1 amide bonds. The number of amides is 1. The van der Waals surface area contributed by atoms with Crippen molar-refractivity contribution in [2.24, 2.45) is 5.73 Å².